The van der Waals surface area contributed by atoms with Crippen LogP contribution in [0.1, 0.15) is 50.8 Å². The maximum absolute atomic E-state index is 14.6. The van der Waals surface area contributed by atoms with Gasteiger partial charge < -0.3 is 4.57 Å². The minimum atomic E-state index is -0.137. The molecule has 4 aromatic rings. The molecule has 0 atom stereocenters. The highest BCUT2D eigenvalue weighted by Crippen LogP contribution is 2.31. The van der Waals surface area contributed by atoms with Crippen LogP contribution in [0.3, 0.4) is 0 Å². The van der Waals surface area contributed by atoms with Crippen molar-refractivity contribution in [3.63, 3.8) is 0 Å². The zero-order chi connectivity index (χ0) is 24.5. The van der Waals surface area contributed by atoms with Crippen molar-refractivity contribution in [2.24, 2.45) is 0 Å². The molecule has 1 aromatic heterocycles. The maximum atomic E-state index is 14.6. The summed E-state index contributed by atoms with van der Waals surface area (Å²) in [7, 11) is 0. The number of rotatable bonds is 12. The third kappa shape index (κ3) is 6.26. The molecule has 4 rings (SSSR count). The quantitative estimate of drug-likeness (QED) is 0.210. The monoisotopic (exact) mass is 469 g/mol. The van der Waals surface area contributed by atoms with Crippen molar-refractivity contribution in [2.45, 2.75) is 59.2 Å². The van der Waals surface area contributed by atoms with Crippen LogP contribution in [0, 0.1) is 5.82 Å². The van der Waals surface area contributed by atoms with Gasteiger partial charge in [0.05, 0.1) is 11.4 Å². The minimum Gasteiger partial charge on any atom is -0.326 e. The smallest absolute Gasteiger partial charge is 0.140 e. The Bertz CT molecular complexity index is 1180. The lowest BCUT2D eigenvalue weighted by molar-refractivity contribution is 0.243. The summed E-state index contributed by atoms with van der Waals surface area (Å²) in [6.07, 6.45) is 4.37. The largest absolute Gasteiger partial charge is 0.326 e. The maximum Gasteiger partial charge on any atom is 0.140 e. The van der Waals surface area contributed by atoms with E-state index in [-0.39, 0.29) is 5.82 Å². The topological polar surface area (TPSA) is 21.1 Å². The first-order chi connectivity index (χ1) is 17.2. The molecule has 1 heterocycles. The van der Waals surface area contributed by atoms with Crippen LogP contribution in [0.5, 0.6) is 0 Å². The van der Waals surface area contributed by atoms with E-state index in [0.29, 0.717) is 6.54 Å². The fourth-order valence-corrected chi connectivity index (χ4v) is 4.51. The zero-order valence-electron chi connectivity index (χ0n) is 21.0. The first kappa shape index (κ1) is 24.9. The number of hydrogen-bond acceptors (Lipinski definition) is 2. The average molecular weight is 470 g/mol. The van der Waals surface area contributed by atoms with E-state index in [9.17, 15) is 4.39 Å². The van der Waals surface area contributed by atoms with Crippen LogP contribution in [0.25, 0.3) is 22.6 Å². The molecule has 4 heteroatoms. The highest BCUT2D eigenvalue weighted by atomic mass is 19.1. The van der Waals surface area contributed by atoms with Gasteiger partial charge in [-0.15, -0.1) is 0 Å². The number of imidazole rings is 1. The number of nitrogens with zero attached hydrogens (tertiary/aromatic N) is 3. The molecule has 0 radical (unpaired) electrons. The number of aromatic nitrogens is 2. The molecule has 0 saturated heterocycles. The van der Waals surface area contributed by atoms with Crippen LogP contribution in [-0.4, -0.2) is 21.0 Å². The van der Waals surface area contributed by atoms with E-state index < -0.39 is 0 Å². The lowest BCUT2D eigenvalue weighted by Gasteiger charge is -2.24. The summed E-state index contributed by atoms with van der Waals surface area (Å²) in [5, 5.41) is 0. The predicted molar refractivity (Wildman–Crippen MR) is 143 cm³/mol. The molecule has 35 heavy (non-hydrogen) atoms. The van der Waals surface area contributed by atoms with Crippen LogP contribution in [0.4, 0.5) is 4.39 Å². The third-order valence-electron chi connectivity index (χ3n) is 6.44. The second-order valence-electron chi connectivity index (χ2n) is 9.12. The lowest BCUT2D eigenvalue weighted by atomic mass is 10.1. The average Bonchev–Trinajstić information content (AvgIpc) is 3.26. The SMILES string of the molecule is CCCCN(Cc1ccccc1F)Cc1c(-c2ccccc2)nc(-c2ccccc2)n1CCCC. The van der Waals surface area contributed by atoms with Gasteiger partial charge in [0.25, 0.3) is 0 Å². The lowest BCUT2D eigenvalue weighted by Crippen LogP contribution is -2.26. The highest BCUT2D eigenvalue weighted by molar-refractivity contribution is 5.68. The van der Waals surface area contributed by atoms with Gasteiger partial charge in [0, 0.05) is 36.3 Å². The summed E-state index contributed by atoms with van der Waals surface area (Å²) in [5.74, 6) is 0.871. The molecule has 0 aliphatic rings. The van der Waals surface area contributed by atoms with E-state index in [0.717, 1.165) is 73.5 Å². The molecule has 0 fully saturated rings. The van der Waals surface area contributed by atoms with Crippen LogP contribution >= 0.6 is 0 Å². The molecule has 0 N–H and O–H groups in total. The molecule has 0 aliphatic carbocycles. The van der Waals surface area contributed by atoms with Crippen molar-refractivity contribution in [3.05, 3.63) is 102 Å². The van der Waals surface area contributed by atoms with E-state index in [4.69, 9.17) is 4.98 Å². The summed E-state index contributed by atoms with van der Waals surface area (Å²) in [5.41, 5.74) is 5.22. The van der Waals surface area contributed by atoms with Crippen molar-refractivity contribution >= 4 is 0 Å². The van der Waals surface area contributed by atoms with Crippen molar-refractivity contribution in [2.75, 3.05) is 6.54 Å². The summed E-state index contributed by atoms with van der Waals surface area (Å²) < 4.78 is 17.0. The number of benzene rings is 3. The third-order valence-corrected chi connectivity index (χ3v) is 6.44. The van der Waals surface area contributed by atoms with Gasteiger partial charge in [0.2, 0.25) is 0 Å². The Balaban J connectivity index is 1.80. The normalized spacial score (nSPS) is 11.3. The molecule has 3 nitrogen and oxygen atoms in total. The van der Waals surface area contributed by atoms with Crippen LogP contribution < -0.4 is 0 Å². The Kier molecular flexibility index (Phi) is 8.85. The van der Waals surface area contributed by atoms with Crippen molar-refractivity contribution in [1.82, 2.24) is 14.5 Å². The van der Waals surface area contributed by atoms with Gasteiger partial charge in [-0.3, -0.25) is 4.90 Å². The van der Waals surface area contributed by atoms with Gasteiger partial charge in [0.15, 0.2) is 0 Å². The minimum absolute atomic E-state index is 0.137. The first-order valence-electron chi connectivity index (χ1n) is 12.9. The Hall–Kier alpha value is -3.24. The van der Waals surface area contributed by atoms with E-state index in [2.05, 4.69) is 71.8 Å². The van der Waals surface area contributed by atoms with Gasteiger partial charge in [0.1, 0.15) is 11.6 Å². The van der Waals surface area contributed by atoms with E-state index in [1.54, 1.807) is 12.1 Å². The molecule has 0 amide bonds. The molecule has 0 saturated carbocycles. The molecular formula is C31H36FN3. The second kappa shape index (κ2) is 12.5. The van der Waals surface area contributed by atoms with Gasteiger partial charge >= 0.3 is 0 Å². The van der Waals surface area contributed by atoms with Crippen molar-refractivity contribution in [3.8, 4) is 22.6 Å². The van der Waals surface area contributed by atoms with E-state index >= 15 is 0 Å². The predicted octanol–water partition coefficient (Wildman–Crippen LogP) is 7.96. The molecule has 0 bridgehead atoms. The number of hydrogen-bond donors (Lipinski definition) is 0. The molecule has 0 spiro atoms. The van der Waals surface area contributed by atoms with E-state index in [1.165, 1.54) is 5.69 Å². The highest BCUT2D eigenvalue weighted by Gasteiger charge is 2.22. The van der Waals surface area contributed by atoms with Crippen LogP contribution in [0.15, 0.2) is 84.9 Å². The fraction of sp³-hybridized carbons (Fsp3) is 0.323. The standard InChI is InChI=1S/C31H36FN3/c1-3-5-21-34(23-27-19-13-14-20-28(27)32)24-29-30(25-15-9-7-10-16-25)33-31(35(29)22-6-4-2)26-17-11-8-12-18-26/h7-20H,3-6,21-24H2,1-2H3. The van der Waals surface area contributed by atoms with E-state index in [1.807, 2.05) is 24.3 Å². The summed E-state index contributed by atoms with van der Waals surface area (Å²) in [6.45, 7) is 7.57. The molecule has 0 unspecified atom stereocenters. The molecule has 3 aromatic carbocycles. The zero-order valence-corrected chi connectivity index (χ0v) is 21.0. The van der Waals surface area contributed by atoms with Gasteiger partial charge in [-0.1, -0.05) is 106 Å². The summed E-state index contributed by atoms with van der Waals surface area (Å²) in [4.78, 5) is 7.60. The molecular weight excluding hydrogens is 433 g/mol. The Morgan fingerprint density at radius 3 is 2.03 bits per heavy atom. The summed E-state index contributed by atoms with van der Waals surface area (Å²) >= 11 is 0. The first-order valence-corrected chi connectivity index (χ1v) is 12.9. The van der Waals surface area contributed by atoms with Crippen LogP contribution in [-0.2, 0) is 19.6 Å². The Morgan fingerprint density at radius 2 is 1.37 bits per heavy atom. The molecule has 182 valence electrons. The number of halogens is 1. The summed E-state index contributed by atoms with van der Waals surface area (Å²) in [6, 6.07) is 28.1. The second-order valence-corrected chi connectivity index (χ2v) is 9.12. The Morgan fingerprint density at radius 1 is 0.743 bits per heavy atom. The van der Waals surface area contributed by atoms with Gasteiger partial charge in [-0.25, -0.2) is 9.37 Å². The number of unbranched alkanes of at least 4 members (excludes halogenated alkanes) is 2. The Labute approximate surface area is 209 Å². The van der Waals surface area contributed by atoms with Crippen molar-refractivity contribution in [1.29, 1.82) is 0 Å². The van der Waals surface area contributed by atoms with Gasteiger partial charge in [-0.2, -0.15) is 0 Å². The van der Waals surface area contributed by atoms with Crippen LogP contribution in [0.2, 0.25) is 0 Å². The molecule has 0 aliphatic heterocycles. The van der Waals surface area contributed by atoms with Crippen molar-refractivity contribution < 1.29 is 4.39 Å². The van der Waals surface area contributed by atoms with Gasteiger partial charge in [-0.05, 0) is 25.5 Å². The fourth-order valence-electron chi connectivity index (χ4n) is 4.51.